The van der Waals surface area contributed by atoms with Crippen LogP contribution < -0.4 is 11.5 Å². The molecule has 3 amide bonds. The van der Waals surface area contributed by atoms with Gasteiger partial charge in [0, 0.05) is 20.6 Å². The van der Waals surface area contributed by atoms with Gasteiger partial charge in [0.25, 0.3) is 11.8 Å². The van der Waals surface area contributed by atoms with Gasteiger partial charge in [0.2, 0.25) is 15.9 Å². The summed E-state index contributed by atoms with van der Waals surface area (Å²) in [7, 11) is -0.958. The van der Waals surface area contributed by atoms with Crippen molar-refractivity contribution >= 4 is 27.7 Å². The van der Waals surface area contributed by atoms with Gasteiger partial charge < -0.3 is 21.5 Å². The maximum absolute atomic E-state index is 12.4. The number of β-amino-alcohol motifs (C(OH)–C–C–N with tert-alkyl or cyclic N) is 1. The quantitative estimate of drug-likeness (QED) is 0.393. The van der Waals surface area contributed by atoms with Crippen LogP contribution in [0.1, 0.15) is 12.8 Å². The molecule has 0 aromatic heterocycles. The van der Waals surface area contributed by atoms with Crippen LogP contribution in [0.5, 0.6) is 0 Å². The molecule has 1 unspecified atom stereocenters. The fraction of sp³-hybridized carbons (Fsp3) is 0.615. The Morgan fingerprint density at radius 1 is 1.38 bits per heavy atom. The minimum absolute atomic E-state index is 0.157. The monoisotopic (exact) mass is 362 g/mol. The van der Waals surface area contributed by atoms with E-state index in [0.717, 1.165) is 9.21 Å². The zero-order valence-corrected chi connectivity index (χ0v) is 14.4. The number of sulfonamides is 1. The van der Waals surface area contributed by atoms with Gasteiger partial charge in [0.05, 0.1) is 12.4 Å². The standard InChI is InChI=1S/C13H22N4O6S/c1-16(2)24(22,23)8-5-13(12(15)21)4-3-9(10(14)19)11(20)17(13)6-7-18/h3,18H,4-8H2,1-2H3,(H2,14,19)(H2,15,21). The largest absolute Gasteiger partial charge is 0.395 e. The molecule has 0 aliphatic carbocycles. The second kappa shape index (κ2) is 7.28. The van der Waals surface area contributed by atoms with Crippen molar-refractivity contribution in [3.63, 3.8) is 0 Å². The van der Waals surface area contributed by atoms with E-state index < -0.39 is 45.6 Å². The van der Waals surface area contributed by atoms with E-state index in [1.165, 1.54) is 20.2 Å². The highest BCUT2D eigenvalue weighted by Gasteiger charge is 2.48. The number of carbonyl (C=O) groups is 3. The first-order chi connectivity index (χ1) is 11.0. The number of rotatable bonds is 8. The van der Waals surface area contributed by atoms with Crippen molar-refractivity contribution < 1.29 is 27.9 Å². The number of nitrogens with zero attached hydrogens (tertiary/aromatic N) is 2. The lowest BCUT2D eigenvalue weighted by molar-refractivity contribution is -0.146. The molecule has 136 valence electrons. The van der Waals surface area contributed by atoms with Crippen LogP contribution in [0.25, 0.3) is 0 Å². The molecular formula is C13H22N4O6S. The number of nitrogens with two attached hydrogens (primary N) is 2. The van der Waals surface area contributed by atoms with Crippen molar-refractivity contribution in [1.29, 1.82) is 0 Å². The summed E-state index contributed by atoms with van der Waals surface area (Å²) in [6.45, 7) is -0.776. The molecule has 11 heteroatoms. The van der Waals surface area contributed by atoms with E-state index in [1.807, 2.05) is 0 Å². The zero-order chi connectivity index (χ0) is 18.7. The van der Waals surface area contributed by atoms with E-state index in [9.17, 15) is 27.9 Å². The molecule has 0 fully saturated rings. The molecule has 24 heavy (non-hydrogen) atoms. The smallest absolute Gasteiger partial charge is 0.260 e. The van der Waals surface area contributed by atoms with Gasteiger partial charge >= 0.3 is 0 Å². The molecule has 10 nitrogen and oxygen atoms in total. The van der Waals surface area contributed by atoms with Crippen molar-refractivity contribution in [3.05, 3.63) is 11.6 Å². The Morgan fingerprint density at radius 2 is 1.96 bits per heavy atom. The van der Waals surface area contributed by atoms with Crippen LogP contribution in [0.4, 0.5) is 0 Å². The molecule has 0 aromatic rings. The predicted molar refractivity (Wildman–Crippen MR) is 84.7 cm³/mol. The molecule has 1 aliphatic rings. The number of hydrogen-bond donors (Lipinski definition) is 3. The Balaban J connectivity index is 3.30. The summed E-state index contributed by atoms with van der Waals surface area (Å²) >= 11 is 0. The minimum atomic E-state index is -3.64. The topological polar surface area (TPSA) is 164 Å². The van der Waals surface area contributed by atoms with Crippen LogP contribution in [0, 0.1) is 0 Å². The fourth-order valence-corrected chi connectivity index (χ4v) is 3.46. The average molecular weight is 362 g/mol. The maximum atomic E-state index is 12.4. The maximum Gasteiger partial charge on any atom is 0.260 e. The second-order valence-corrected chi connectivity index (χ2v) is 7.91. The van der Waals surface area contributed by atoms with Crippen LogP contribution in [0.2, 0.25) is 0 Å². The SMILES string of the molecule is CN(C)S(=O)(=O)CCC1(C(N)=O)CC=C(C(N)=O)C(=O)N1CCO. The number of aliphatic hydroxyl groups is 1. The highest BCUT2D eigenvalue weighted by molar-refractivity contribution is 7.89. The molecular weight excluding hydrogens is 340 g/mol. The molecule has 1 rings (SSSR count). The number of hydrogen-bond acceptors (Lipinski definition) is 6. The Morgan fingerprint density at radius 3 is 2.38 bits per heavy atom. The van der Waals surface area contributed by atoms with Crippen molar-refractivity contribution in [2.75, 3.05) is 33.0 Å². The number of amides is 3. The normalized spacial score (nSPS) is 21.8. The van der Waals surface area contributed by atoms with Crippen molar-refractivity contribution in [2.45, 2.75) is 18.4 Å². The Kier molecular flexibility index (Phi) is 6.09. The Labute approximate surface area is 140 Å². The van der Waals surface area contributed by atoms with E-state index >= 15 is 0 Å². The Hall–Kier alpha value is -1.98. The molecule has 0 bridgehead atoms. The minimum Gasteiger partial charge on any atom is -0.395 e. The van der Waals surface area contributed by atoms with Gasteiger partial charge in [-0.3, -0.25) is 14.4 Å². The number of aliphatic hydroxyl groups excluding tert-OH is 1. The van der Waals surface area contributed by atoms with Gasteiger partial charge in [0.15, 0.2) is 0 Å². The number of carbonyl (C=O) groups excluding carboxylic acids is 3. The predicted octanol–water partition coefficient (Wildman–Crippen LogP) is -2.87. The first-order valence-electron chi connectivity index (χ1n) is 7.12. The lowest BCUT2D eigenvalue weighted by atomic mass is 9.84. The molecule has 1 aliphatic heterocycles. The Bertz CT molecular complexity index is 672. The van der Waals surface area contributed by atoms with E-state index in [1.54, 1.807) is 0 Å². The number of primary amides is 2. The van der Waals surface area contributed by atoms with Crippen LogP contribution in [0.3, 0.4) is 0 Å². The van der Waals surface area contributed by atoms with Crippen LogP contribution in [0.15, 0.2) is 11.6 Å². The first-order valence-corrected chi connectivity index (χ1v) is 8.73. The molecule has 0 saturated heterocycles. The van der Waals surface area contributed by atoms with Crippen molar-refractivity contribution in [3.8, 4) is 0 Å². The van der Waals surface area contributed by atoms with Crippen molar-refractivity contribution in [1.82, 2.24) is 9.21 Å². The zero-order valence-electron chi connectivity index (χ0n) is 13.6. The van der Waals surface area contributed by atoms with Crippen LogP contribution >= 0.6 is 0 Å². The summed E-state index contributed by atoms with van der Waals surface area (Å²) in [5, 5.41) is 9.18. The van der Waals surface area contributed by atoms with E-state index in [0.29, 0.717) is 0 Å². The summed E-state index contributed by atoms with van der Waals surface area (Å²) in [6.07, 6.45) is 0.762. The fourth-order valence-electron chi connectivity index (χ4n) is 2.50. The summed E-state index contributed by atoms with van der Waals surface area (Å²) in [5.74, 6) is -3.18. The summed E-state index contributed by atoms with van der Waals surface area (Å²) in [4.78, 5) is 36.7. The van der Waals surface area contributed by atoms with Crippen LogP contribution in [-0.2, 0) is 24.4 Å². The average Bonchev–Trinajstić information content (AvgIpc) is 2.47. The third-order valence-corrected chi connectivity index (χ3v) is 5.85. The van der Waals surface area contributed by atoms with Gasteiger partial charge in [0.1, 0.15) is 11.1 Å². The van der Waals surface area contributed by atoms with Crippen LogP contribution in [-0.4, -0.2) is 79.0 Å². The molecule has 1 heterocycles. The highest BCUT2D eigenvalue weighted by atomic mass is 32.2. The van der Waals surface area contributed by atoms with Crippen molar-refractivity contribution in [2.24, 2.45) is 11.5 Å². The first kappa shape index (κ1) is 20.1. The van der Waals surface area contributed by atoms with Gasteiger partial charge in [-0.2, -0.15) is 0 Å². The lowest BCUT2D eigenvalue weighted by Crippen LogP contribution is -2.63. The third kappa shape index (κ3) is 3.74. The van der Waals surface area contributed by atoms with E-state index in [-0.39, 0.29) is 25.0 Å². The molecule has 1 atom stereocenters. The molecule has 0 spiro atoms. The lowest BCUT2D eigenvalue weighted by Gasteiger charge is -2.43. The molecule has 0 radical (unpaired) electrons. The van der Waals surface area contributed by atoms with Gasteiger partial charge in [-0.05, 0) is 12.8 Å². The van der Waals surface area contributed by atoms with Gasteiger partial charge in [-0.15, -0.1) is 0 Å². The second-order valence-electron chi connectivity index (χ2n) is 5.61. The van der Waals surface area contributed by atoms with Gasteiger partial charge in [-0.1, -0.05) is 6.08 Å². The van der Waals surface area contributed by atoms with E-state index in [2.05, 4.69) is 0 Å². The molecule has 0 aromatic carbocycles. The molecule has 0 saturated carbocycles. The van der Waals surface area contributed by atoms with E-state index in [4.69, 9.17) is 11.5 Å². The third-order valence-electron chi connectivity index (χ3n) is 4.01. The summed E-state index contributed by atoms with van der Waals surface area (Å²) < 4.78 is 25.0. The summed E-state index contributed by atoms with van der Waals surface area (Å²) in [5.41, 5.74) is 8.60. The highest BCUT2D eigenvalue weighted by Crippen LogP contribution is 2.31. The van der Waals surface area contributed by atoms with Gasteiger partial charge in [-0.25, -0.2) is 12.7 Å². The summed E-state index contributed by atoms with van der Waals surface area (Å²) in [6, 6.07) is 0. The molecule has 5 N–H and O–H groups in total.